The van der Waals surface area contributed by atoms with Gasteiger partial charge < -0.3 is 15.4 Å². The second-order valence-electron chi connectivity index (χ2n) is 6.61. The zero-order valence-corrected chi connectivity index (χ0v) is 14.2. The van der Waals surface area contributed by atoms with E-state index in [1.165, 1.54) is 32.6 Å². The number of carbonyl (C=O) groups is 1. The fourth-order valence-electron chi connectivity index (χ4n) is 3.48. The van der Waals surface area contributed by atoms with E-state index in [4.69, 9.17) is 22.1 Å². The van der Waals surface area contributed by atoms with Crippen LogP contribution in [0.3, 0.4) is 0 Å². The average Bonchev–Trinajstić information content (AvgIpc) is 3.36. The van der Waals surface area contributed by atoms with Crippen molar-refractivity contribution in [2.45, 2.75) is 51.0 Å². The van der Waals surface area contributed by atoms with E-state index in [2.05, 4.69) is 14.9 Å². The van der Waals surface area contributed by atoms with Crippen molar-refractivity contribution in [3.63, 3.8) is 0 Å². The van der Waals surface area contributed by atoms with Crippen molar-refractivity contribution in [3.05, 3.63) is 11.5 Å². The molecule has 23 heavy (non-hydrogen) atoms. The Morgan fingerprint density at radius 3 is 2.74 bits per heavy atom. The number of hydrogen-bond donors (Lipinski definition) is 1. The van der Waals surface area contributed by atoms with Gasteiger partial charge in [0.25, 0.3) is 0 Å². The zero-order valence-electron chi connectivity index (χ0n) is 13.4. The van der Waals surface area contributed by atoms with Crippen molar-refractivity contribution in [2.24, 2.45) is 5.41 Å². The predicted molar refractivity (Wildman–Crippen MR) is 89.4 cm³/mol. The molecule has 0 unspecified atom stereocenters. The summed E-state index contributed by atoms with van der Waals surface area (Å²) in [6, 6.07) is 0.333. The van der Waals surface area contributed by atoms with Gasteiger partial charge in [-0.1, -0.05) is 19.3 Å². The van der Waals surface area contributed by atoms with E-state index in [1.807, 2.05) is 0 Å². The molecule has 0 radical (unpaired) electrons. The number of methoxy groups -OCH3 is 1. The minimum atomic E-state index is -0.421. The van der Waals surface area contributed by atoms with Gasteiger partial charge in [0.2, 0.25) is 5.28 Å². The Balaban J connectivity index is 1.90. The van der Waals surface area contributed by atoms with Gasteiger partial charge in [-0.25, -0.2) is 4.98 Å². The highest BCUT2D eigenvalue weighted by Crippen LogP contribution is 2.49. The molecule has 6 nitrogen and oxygen atoms in total. The molecule has 0 aromatic carbocycles. The number of ether oxygens (including phenoxy) is 1. The first-order valence-electron chi connectivity index (χ1n) is 8.19. The van der Waals surface area contributed by atoms with E-state index in [0.717, 1.165) is 25.7 Å². The molecule has 126 valence electrons. The molecule has 0 spiro atoms. The summed E-state index contributed by atoms with van der Waals surface area (Å²) in [5.74, 6) is 0.504. The summed E-state index contributed by atoms with van der Waals surface area (Å²) < 4.78 is 5.00. The maximum atomic E-state index is 12.2. The average molecular weight is 339 g/mol. The lowest BCUT2D eigenvalue weighted by Gasteiger charge is -2.37. The number of carbonyl (C=O) groups excluding carboxylic acids is 1. The number of rotatable bonds is 5. The molecule has 2 fully saturated rings. The van der Waals surface area contributed by atoms with Crippen molar-refractivity contribution in [2.75, 3.05) is 24.3 Å². The predicted octanol–water partition coefficient (Wildman–Crippen LogP) is 2.80. The number of nitrogen functional groups attached to an aromatic ring is 1. The molecule has 1 aromatic heterocycles. The highest BCUT2D eigenvalue weighted by Gasteiger charge is 2.53. The maximum absolute atomic E-state index is 12.2. The summed E-state index contributed by atoms with van der Waals surface area (Å²) >= 11 is 5.98. The Labute approximate surface area is 141 Å². The molecule has 0 atom stereocenters. The maximum Gasteiger partial charge on any atom is 0.313 e. The number of nitrogens with two attached hydrogens (primary N) is 1. The highest BCUT2D eigenvalue weighted by atomic mass is 35.5. The number of hydrogen-bond acceptors (Lipinski definition) is 6. The second kappa shape index (κ2) is 6.51. The Kier molecular flexibility index (Phi) is 4.62. The lowest BCUT2D eigenvalue weighted by Crippen LogP contribution is -2.44. The number of anilines is 2. The Hall–Kier alpha value is -1.56. The summed E-state index contributed by atoms with van der Waals surface area (Å²) in [6.45, 7) is 0.585. The third-order valence-corrected chi connectivity index (χ3v) is 5.18. The molecule has 0 bridgehead atoms. The van der Waals surface area contributed by atoms with Gasteiger partial charge in [-0.15, -0.1) is 0 Å². The molecule has 0 aliphatic heterocycles. The van der Waals surface area contributed by atoms with Crippen LogP contribution in [0.1, 0.15) is 44.9 Å². The lowest BCUT2D eigenvalue weighted by atomic mass is 9.92. The van der Waals surface area contributed by atoms with Crippen molar-refractivity contribution in [1.29, 1.82) is 0 Å². The fraction of sp³-hybridized carbons (Fsp3) is 0.688. The largest absolute Gasteiger partial charge is 0.469 e. The lowest BCUT2D eigenvalue weighted by molar-refractivity contribution is -0.146. The normalized spacial score (nSPS) is 20.1. The van der Waals surface area contributed by atoms with Crippen LogP contribution in [0.5, 0.6) is 0 Å². The molecular weight excluding hydrogens is 316 g/mol. The van der Waals surface area contributed by atoms with Crippen LogP contribution in [0.2, 0.25) is 5.28 Å². The van der Waals surface area contributed by atoms with E-state index in [-0.39, 0.29) is 11.3 Å². The van der Waals surface area contributed by atoms with Crippen LogP contribution in [-0.4, -0.2) is 35.6 Å². The Morgan fingerprint density at radius 1 is 1.43 bits per heavy atom. The SMILES string of the molecule is COC(=O)C1(CN(c2nc(Cl)ncc2N)C2CCCCC2)CC1. The summed E-state index contributed by atoms with van der Waals surface area (Å²) in [6.07, 6.45) is 9.03. The summed E-state index contributed by atoms with van der Waals surface area (Å²) in [5.41, 5.74) is 6.18. The smallest absolute Gasteiger partial charge is 0.313 e. The minimum Gasteiger partial charge on any atom is -0.469 e. The summed E-state index contributed by atoms with van der Waals surface area (Å²) in [7, 11) is 1.45. The van der Waals surface area contributed by atoms with Crippen LogP contribution < -0.4 is 10.6 Å². The van der Waals surface area contributed by atoms with Crippen molar-refractivity contribution in [1.82, 2.24) is 9.97 Å². The molecule has 0 amide bonds. The summed E-state index contributed by atoms with van der Waals surface area (Å²) in [5, 5.41) is 0.179. The van der Waals surface area contributed by atoms with Gasteiger partial charge in [0.1, 0.15) is 0 Å². The van der Waals surface area contributed by atoms with E-state index in [0.29, 0.717) is 24.1 Å². The second-order valence-corrected chi connectivity index (χ2v) is 6.95. The molecule has 2 saturated carbocycles. The third kappa shape index (κ3) is 3.37. The van der Waals surface area contributed by atoms with Gasteiger partial charge in [0, 0.05) is 12.6 Å². The molecule has 1 heterocycles. The van der Waals surface area contributed by atoms with Crippen molar-refractivity contribution >= 4 is 29.1 Å². The first-order valence-corrected chi connectivity index (χ1v) is 8.57. The standard InChI is InChI=1S/C16H23ClN4O2/c1-23-14(22)16(7-8-16)10-21(11-5-3-2-4-6-11)13-12(18)9-19-15(17)20-13/h9,11H,2-8,10,18H2,1H3. The van der Waals surface area contributed by atoms with Gasteiger partial charge in [-0.2, -0.15) is 4.98 Å². The van der Waals surface area contributed by atoms with Gasteiger partial charge in [-0.05, 0) is 37.3 Å². The molecular formula is C16H23ClN4O2. The van der Waals surface area contributed by atoms with Crippen LogP contribution in [0, 0.1) is 5.41 Å². The molecule has 2 N–H and O–H groups in total. The van der Waals surface area contributed by atoms with Crippen molar-refractivity contribution in [3.8, 4) is 0 Å². The topological polar surface area (TPSA) is 81.3 Å². The van der Waals surface area contributed by atoms with E-state index in [9.17, 15) is 4.79 Å². The van der Waals surface area contributed by atoms with E-state index in [1.54, 1.807) is 0 Å². The molecule has 2 aliphatic carbocycles. The van der Waals surface area contributed by atoms with Crippen molar-refractivity contribution < 1.29 is 9.53 Å². The monoisotopic (exact) mass is 338 g/mol. The summed E-state index contributed by atoms with van der Waals surface area (Å²) in [4.78, 5) is 22.6. The minimum absolute atomic E-state index is 0.142. The molecule has 0 saturated heterocycles. The fourth-order valence-corrected chi connectivity index (χ4v) is 3.61. The van der Waals surface area contributed by atoms with Gasteiger partial charge in [0.15, 0.2) is 5.82 Å². The molecule has 3 rings (SSSR count). The highest BCUT2D eigenvalue weighted by molar-refractivity contribution is 6.28. The van der Waals surface area contributed by atoms with Gasteiger partial charge in [-0.3, -0.25) is 4.79 Å². The zero-order chi connectivity index (χ0) is 16.4. The van der Waals surface area contributed by atoms with E-state index >= 15 is 0 Å². The first-order chi connectivity index (χ1) is 11.1. The number of esters is 1. The first kappa shape index (κ1) is 16.3. The number of aromatic nitrogens is 2. The van der Waals surface area contributed by atoms with Gasteiger partial charge >= 0.3 is 5.97 Å². The Morgan fingerprint density at radius 2 is 2.13 bits per heavy atom. The van der Waals surface area contributed by atoms with Crippen LogP contribution >= 0.6 is 11.6 Å². The third-order valence-electron chi connectivity index (χ3n) is 5.00. The van der Waals surface area contributed by atoms with Crippen LogP contribution in [0.4, 0.5) is 11.5 Å². The van der Waals surface area contributed by atoms with Crippen LogP contribution in [0.15, 0.2) is 6.20 Å². The van der Waals surface area contributed by atoms with Crippen LogP contribution in [-0.2, 0) is 9.53 Å². The molecule has 1 aromatic rings. The van der Waals surface area contributed by atoms with Crippen LogP contribution in [0.25, 0.3) is 0 Å². The molecule has 2 aliphatic rings. The quantitative estimate of drug-likeness (QED) is 0.656. The van der Waals surface area contributed by atoms with E-state index < -0.39 is 5.41 Å². The Bertz CT molecular complexity index is 585. The number of halogens is 1. The number of nitrogens with zero attached hydrogens (tertiary/aromatic N) is 3. The molecule has 7 heteroatoms. The van der Waals surface area contributed by atoms with Gasteiger partial charge in [0.05, 0.1) is 24.4 Å².